The first kappa shape index (κ1) is 17.0. The largest absolute Gasteiger partial charge is 0.490 e. The van der Waals surface area contributed by atoms with Gasteiger partial charge in [-0.3, -0.25) is 4.79 Å². The van der Waals surface area contributed by atoms with Gasteiger partial charge < -0.3 is 15.2 Å². The van der Waals surface area contributed by atoms with Crippen molar-refractivity contribution in [1.29, 1.82) is 0 Å². The third kappa shape index (κ3) is 4.32. The van der Waals surface area contributed by atoms with Gasteiger partial charge in [0.1, 0.15) is 0 Å². The Balaban J connectivity index is 2.36. The SMILES string of the molecule is CCOc1cc(C=Nn2cc(C)nc2N)c(Br)cc1OC(C)=O. The first-order valence-electron chi connectivity index (χ1n) is 6.91. The van der Waals surface area contributed by atoms with E-state index in [9.17, 15) is 4.79 Å². The third-order valence-electron chi connectivity index (χ3n) is 2.77. The Hall–Kier alpha value is -2.35. The molecule has 0 aliphatic carbocycles. The van der Waals surface area contributed by atoms with E-state index in [1.165, 1.54) is 11.6 Å². The number of aryl methyl sites for hydroxylation is 1. The number of nitrogens with two attached hydrogens (primary N) is 1. The molecule has 1 aromatic heterocycles. The Kier molecular flexibility index (Phi) is 5.38. The fourth-order valence-electron chi connectivity index (χ4n) is 1.87. The van der Waals surface area contributed by atoms with Crippen LogP contribution in [0.1, 0.15) is 25.1 Å². The van der Waals surface area contributed by atoms with Crippen LogP contribution in [-0.4, -0.2) is 28.5 Å². The Morgan fingerprint density at radius 3 is 2.78 bits per heavy atom. The highest BCUT2D eigenvalue weighted by Crippen LogP contribution is 2.33. The number of hydrogen-bond donors (Lipinski definition) is 1. The summed E-state index contributed by atoms with van der Waals surface area (Å²) in [6.07, 6.45) is 3.33. The molecule has 2 rings (SSSR count). The summed E-state index contributed by atoms with van der Waals surface area (Å²) in [5.74, 6) is 0.695. The number of carbonyl (C=O) groups excluding carboxylic acids is 1. The Morgan fingerprint density at radius 1 is 1.48 bits per heavy atom. The van der Waals surface area contributed by atoms with Crippen LogP contribution in [0.4, 0.5) is 5.95 Å². The van der Waals surface area contributed by atoms with Crippen LogP contribution in [0.5, 0.6) is 11.5 Å². The van der Waals surface area contributed by atoms with Gasteiger partial charge in [0.25, 0.3) is 0 Å². The van der Waals surface area contributed by atoms with Crippen LogP contribution >= 0.6 is 15.9 Å². The minimum absolute atomic E-state index is 0.302. The summed E-state index contributed by atoms with van der Waals surface area (Å²) in [6.45, 7) is 5.46. The zero-order valence-electron chi connectivity index (χ0n) is 13.0. The van der Waals surface area contributed by atoms with Crippen molar-refractivity contribution < 1.29 is 14.3 Å². The van der Waals surface area contributed by atoms with Crippen LogP contribution in [-0.2, 0) is 4.79 Å². The number of carbonyl (C=O) groups is 1. The zero-order valence-corrected chi connectivity index (χ0v) is 14.6. The van der Waals surface area contributed by atoms with E-state index in [-0.39, 0.29) is 0 Å². The second kappa shape index (κ2) is 7.28. The van der Waals surface area contributed by atoms with Crippen molar-refractivity contribution in [3.63, 3.8) is 0 Å². The lowest BCUT2D eigenvalue weighted by molar-refractivity contribution is -0.132. The number of imidazole rings is 1. The summed E-state index contributed by atoms with van der Waals surface area (Å²) in [4.78, 5) is 15.2. The molecule has 0 spiro atoms. The molecular weight excluding hydrogens is 364 g/mol. The molecule has 0 bridgehead atoms. The van der Waals surface area contributed by atoms with Crippen LogP contribution < -0.4 is 15.2 Å². The summed E-state index contributed by atoms with van der Waals surface area (Å²) in [7, 11) is 0. The first-order valence-corrected chi connectivity index (χ1v) is 7.70. The second-order valence-electron chi connectivity index (χ2n) is 4.68. The standard InChI is InChI=1S/C15H17BrN4O3/c1-4-22-13-5-11(12(16)6-14(13)23-10(3)21)7-18-20-8-9(2)19-15(20)17/h5-8H,4H2,1-3H3,(H2,17,19). The lowest BCUT2D eigenvalue weighted by Gasteiger charge is -2.11. The summed E-state index contributed by atoms with van der Waals surface area (Å²) in [5, 5.41) is 4.26. The number of anilines is 1. The molecule has 0 atom stereocenters. The van der Waals surface area contributed by atoms with Gasteiger partial charge in [-0.2, -0.15) is 5.10 Å². The van der Waals surface area contributed by atoms with E-state index in [1.54, 1.807) is 24.5 Å². The maximum absolute atomic E-state index is 11.2. The topological polar surface area (TPSA) is 91.7 Å². The highest BCUT2D eigenvalue weighted by molar-refractivity contribution is 9.10. The van der Waals surface area contributed by atoms with Gasteiger partial charge in [0.05, 0.1) is 24.7 Å². The molecule has 0 saturated heterocycles. The number of halogens is 1. The molecule has 0 amide bonds. The maximum atomic E-state index is 11.2. The average molecular weight is 381 g/mol. The summed E-state index contributed by atoms with van der Waals surface area (Å²) in [6, 6.07) is 3.39. The molecule has 0 fully saturated rings. The molecule has 0 unspecified atom stereocenters. The van der Waals surface area contributed by atoms with Crippen molar-refractivity contribution in [2.75, 3.05) is 12.3 Å². The molecular formula is C15H17BrN4O3. The Morgan fingerprint density at radius 2 is 2.22 bits per heavy atom. The van der Waals surface area contributed by atoms with Gasteiger partial charge in [0.2, 0.25) is 5.95 Å². The molecule has 23 heavy (non-hydrogen) atoms. The molecule has 7 nitrogen and oxygen atoms in total. The molecule has 1 aromatic carbocycles. The van der Waals surface area contributed by atoms with Gasteiger partial charge in [0.15, 0.2) is 11.5 Å². The molecule has 0 saturated carbocycles. The van der Waals surface area contributed by atoms with Crippen LogP contribution in [0.25, 0.3) is 0 Å². The Labute approximate surface area is 142 Å². The van der Waals surface area contributed by atoms with Crippen molar-refractivity contribution in [2.45, 2.75) is 20.8 Å². The molecule has 2 aromatic rings. The average Bonchev–Trinajstić information content (AvgIpc) is 2.78. The third-order valence-corrected chi connectivity index (χ3v) is 3.46. The lowest BCUT2D eigenvalue weighted by Crippen LogP contribution is -2.05. The highest BCUT2D eigenvalue weighted by atomic mass is 79.9. The summed E-state index contributed by atoms with van der Waals surface area (Å²) >= 11 is 3.43. The van der Waals surface area contributed by atoms with Gasteiger partial charge >= 0.3 is 5.97 Å². The number of nitrogen functional groups attached to an aromatic ring is 1. The van der Waals surface area contributed by atoms with E-state index in [0.29, 0.717) is 28.5 Å². The van der Waals surface area contributed by atoms with E-state index >= 15 is 0 Å². The number of ether oxygens (including phenoxy) is 2. The molecule has 122 valence electrons. The van der Waals surface area contributed by atoms with Crippen molar-refractivity contribution in [1.82, 2.24) is 9.66 Å². The monoisotopic (exact) mass is 380 g/mol. The normalized spacial score (nSPS) is 11.0. The number of nitrogens with zero attached hydrogens (tertiary/aromatic N) is 3. The smallest absolute Gasteiger partial charge is 0.308 e. The lowest BCUT2D eigenvalue weighted by atomic mass is 10.2. The fraction of sp³-hybridized carbons (Fsp3) is 0.267. The summed E-state index contributed by atoms with van der Waals surface area (Å²) < 4.78 is 12.8. The number of hydrogen-bond acceptors (Lipinski definition) is 6. The van der Waals surface area contributed by atoms with Crippen molar-refractivity contribution in [3.8, 4) is 11.5 Å². The van der Waals surface area contributed by atoms with Gasteiger partial charge in [-0.15, -0.1) is 0 Å². The molecule has 2 N–H and O–H groups in total. The number of benzene rings is 1. The van der Waals surface area contributed by atoms with E-state index in [0.717, 1.165) is 11.3 Å². The molecule has 0 radical (unpaired) electrons. The van der Waals surface area contributed by atoms with Crippen LogP contribution in [0, 0.1) is 6.92 Å². The van der Waals surface area contributed by atoms with Gasteiger partial charge in [-0.1, -0.05) is 0 Å². The number of esters is 1. The molecule has 0 aliphatic rings. The van der Waals surface area contributed by atoms with E-state index < -0.39 is 5.97 Å². The van der Waals surface area contributed by atoms with Gasteiger partial charge in [-0.25, -0.2) is 9.66 Å². The Bertz CT molecular complexity index is 755. The van der Waals surface area contributed by atoms with Gasteiger partial charge in [-0.05, 0) is 41.9 Å². The van der Waals surface area contributed by atoms with Crippen LogP contribution in [0.3, 0.4) is 0 Å². The van der Waals surface area contributed by atoms with E-state index in [4.69, 9.17) is 15.2 Å². The summed E-state index contributed by atoms with van der Waals surface area (Å²) in [5.41, 5.74) is 7.27. The molecule has 8 heteroatoms. The van der Waals surface area contributed by atoms with Gasteiger partial charge in [0, 0.05) is 17.0 Å². The predicted octanol–water partition coefficient (Wildman–Crippen LogP) is 2.74. The fourth-order valence-corrected chi connectivity index (χ4v) is 2.30. The highest BCUT2D eigenvalue weighted by Gasteiger charge is 2.12. The predicted molar refractivity (Wildman–Crippen MR) is 91.0 cm³/mol. The minimum atomic E-state index is -0.416. The van der Waals surface area contributed by atoms with Crippen molar-refractivity contribution >= 4 is 34.1 Å². The van der Waals surface area contributed by atoms with E-state index in [2.05, 4.69) is 26.0 Å². The van der Waals surface area contributed by atoms with E-state index in [1.807, 2.05) is 13.8 Å². The quantitative estimate of drug-likeness (QED) is 0.489. The molecule has 1 heterocycles. The zero-order chi connectivity index (χ0) is 17.0. The minimum Gasteiger partial charge on any atom is -0.490 e. The molecule has 0 aliphatic heterocycles. The van der Waals surface area contributed by atoms with Crippen LogP contribution in [0.15, 0.2) is 27.9 Å². The second-order valence-corrected chi connectivity index (χ2v) is 5.53. The first-order chi connectivity index (χ1) is 10.9. The number of aromatic nitrogens is 2. The van der Waals surface area contributed by atoms with Crippen molar-refractivity contribution in [3.05, 3.63) is 34.1 Å². The van der Waals surface area contributed by atoms with Crippen LogP contribution in [0.2, 0.25) is 0 Å². The maximum Gasteiger partial charge on any atom is 0.308 e. The van der Waals surface area contributed by atoms with Crippen molar-refractivity contribution in [2.24, 2.45) is 5.10 Å². The number of rotatable bonds is 5.